The van der Waals surface area contributed by atoms with Gasteiger partial charge in [-0.05, 0) is 74.9 Å². The summed E-state index contributed by atoms with van der Waals surface area (Å²) in [4.78, 5) is 26.9. The number of halogens is 1. The summed E-state index contributed by atoms with van der Waals surface area (Å²) in [6, 6.07) is 7.23. The van der Waals surface area contributed by atoms with E-state index in [-0.39, 0.29) is 24.3 Å². The maximum absolute atomic E-state index is 13.0. The summed E-state index contributed by atoms with van der Waals surface area (Å²) in [6.07, 6.45) is 5.93. The van der Waals surface area contributed by atoms with Crippen molar-refractivity contribution in [3.63, 3.8) is 0 Å². The highest BCUT2D eigenvalue weighted by Gasteiger charge is 2.28. The molecule has 1 amide bonds. The van der Waals surface area contributed by atoms with Crippen molar-refractivity contribution >= 4 is 28.2 Å². The number of nitrogens with one attached hydrogen (secondary N) is 1. The third kappa shape index (κ3) is 5.42. The van der Waals surface area contributed by atoms with E-state index in [1.807, 2.05) is 13.8 Å². The monoisotopic (exact) mass is 471 g/mol. The van der Waals surface area contributed by atoms with Crippen molar-refractivity contribution in [1.82, 2.24) is 9.78 Å². The maximum Gasteiger partial charge on any atom is 0.341 e. The third-order valence-corrected chi connectivity index (χ3v) is 6.74. The summed E-state index contributed by atoms with van der Waals surface area (Å²) in [7, 11) is 0. The van der Waals surface area contributed by atoms with Crippen molar-refractivity contribution in [1.29, 1.82) is 0 Å². The van der Waals surface area contributed by atoms with Crippen molar-refractivity contribution in [3.8, 4) is 5.75 Å². The SMILES string of the molecule is CCC(C)OC(=O)c1c(NC(=O)c2ccn(COc3ccc(F)cc3)n2)sc2c1CCCC2. The number of esters is 1. The number of aromatic nitrogens is 2. The van der Waals surface area contributed by atoms with Crippen LogP contribution < -0.4 is 10.1 Å². The van der Waals surface area contributed by atoms with Gasteiger partial charge in [0, 0.05) is 11.1 Å². The maximum atomic E-state index is 13.0. The Morgan fingerprint density at radius 3 is 2.73 bits per heavy atom. The normalized spacial score (nSPS) is 13.8. The van der Waals surface area contributed by atoms with Crippen LogP contribution in [0.5, 0.6) is 5.75 Å². The van der Waals surface area contributed by atoms with Crippen LogP contribution in [0.4, 0.5) is 9.39 Å². The molecule has 1 atom stereocenters. The van der Waals surface area contributed by atoms with Crippen LogP contribution in [0.25, 0.3) is 0 Å². The molecule has 2 aromatic heterocycles. The number of amides is 1. The highest BCUT2D eigenvalue weighted by Crippen LogP contribution is 2.39. The smallest absolute Gasteiger partial charge is 0.341 e. The van der Waals surface area contributed by atoms with E-state index in [1.54, 1.807) is 12.3 Å². The fourth-order valence-electron chi connectivity index (χ4n) is 3.59. The van der Waals surface area contributed by atoms with E-state index in [1.165, 1.54) is 40.3 Å². The summed E-state index contributed by atoms with van der Waals surface area (Å²) in [5, 5.41) is 7.63. The van der Waals surface area contributed by atoms with Gasteiger partial charge < -0.3 is 14.8 Å². The van der Waals surface area contributed by atoms with E-state index in [2.05, 4.69) is 10.4 Å². The summed E-state index contributed by atoms with van der Waals surface area (Å²) in [5.74, 6) is -0.654. The molecule has 1 aliphatic carbocycles. The summed E-state index contributed by atoms with van der Waals surface area (Å²) < 4.78 is 25.6. The Kier molecular flexibility index (Phi) is 7.08. The molecule has 0 saturated heterocycles. The molecule has 0 fully saturated rings. The summed E-state index contributed by atoms with van der Waals surface area (Å²) >= 11 is 1.44. The van der Waals surface area contributed by atoms with Gasteiger partial charge in [0.2, 0.25) is 0 Å². The number of hydrogen-bond donors (Lipinski definition) is 1. The molecule has 174 valence electrons. The number of hydrogen-bond acceptors (Lipinski definition) is 6. The molecule has 2 heterocycles. The first-order chi connectivity index (χ1) is 15.9. The van der Waals surface area contributed by atoms with Crippen LogP contribution in [0.2, 0.25) is 0 Å². The zero-order valence-corrected chi connectivity index (χ0v) is 19.4. The molecule has 7 nitrogen and oxygen atoms in total. The average Bonchev–Trinajstić information content (AvgIpc) is 3.43. The van der Waals surface area contributed by atoms with Gasteiger partial charge in [-0.15, -0.1) is 11.3 Å². The van der Waals surface area contributed by atoms with Crippen LogP contribution in [-0.2, 0) is 24.3 Å². The van der Waals surface area contributed by atoms with Crippen molar-refractivity contribution in [2.24, 2.45) is 0 Å². The Morgan fingerprint density at radius 2 is 1.97 bits per heavy atom. The summed E-state index contributed by atoms with van der Waals surface area (Å²) in [6.45, 7) is 3.88. The number of anilines is 1. The minimum Gasteiger partial charge on any atom is -0.471 e. The number of nitrogens with zero attached hydrogens (tertiary/aromatic N) is 2. The van der Waals surface area contributed by atoms with Crippen LogP contribution in [0, 0.1) is 5.82 Å². The lowest BCUT2D eigenvalue weighted by atomic mass is 9.95. The van der Waals surface area contributed by atoms with Gasteiger partial charge in [-0.3, -0.25) is 4.79 Å². The van der Waals surface area contributed by atoms with Crippen LogP contribution >= 0.6 is 11.3 Å². The van der Waals surface area contributed by atoms with Crippen LogP contribution in [-0.4, -0.2) is 27.8 Å². The molecular weight excluding hydrogens is 445 g/mol. The van der Waals surface area contributed by atoms with Gasteiger partial charge >= 0.3 is 5.97 Å². The molecule has 1 unspecified atom stereocenters. The van der Waals surface area contributed by atoms with Crippen molar-refractivity contribution < 1.29 is 23.5 Å². The third-order valence-electron chi connectivity index (χ3n) is 5.54. The van der Waals surface area contributed by atoms with Crippen LogP contribution in [0.3, 0.4) is 0 Å². The van der Waals surface area contributed by atoms with Gasteiger partial charge in [0.15, 0.2) is 12.4 Å². The molecule has 0 radical (unpaired) electrons. The van der Waals surface area contributed by atoms with E-state index in [4.69, 9.17) is 9.47 Å². The fourth-order valence-corrected chi connectivity index (χ4v) is 4.86. The molecule has 0 saturated carbocycles. The fraction of sp³-hybridized carbons (Fsp3) is 0.375. The van der Waals surface area contributed by atoms with Gasteiger partial charge in [-0.25, -0.2) is 13.9 Å². The molecule has 1 aromatic carbocycles. The van der Waals surface area contributed by atoms with Gasteiger partial charge in [-0.2, -0.15) is 5.10 Å². The Hall–Kier alpha value is -3.20. The van der Waals surface area contributed by atoms with Gasteiger partial charge in [0.25, 0.3) is 5.91 Å². The Morgan fingerprint density at radius 1 is 1.21 bits per heavy atom. The molecule has 1 N–H and O–H groups in total. The number of rotatable bonds is 8. The predicted octanol–water partition coefficient (Wildman–Crippen LogP) is 5.21. The van der Waals surface area contributed by atoms with E-state index < -0.39 is 11.9 Å². The lowest BCUT2D eigenvalue weighted by Crippen LogP contribution is -2.19. The second-order valence-electron chi connectivity index (χ2n) is 7.96. The van der Waals surface area contributed by atoms with Crippen LogP contribution in [0.15, 0.2) is 36.5 Å². The molecule has 1 aliphatic rings. The summed E-state index contributed by atoms with van der Waals surface area (Å²) in [5.41, 5.74) is 1.67. The Balaban J connectivity index is 1.47. The van der Waals surface area contributed by atoms with Crippen molar-refractivity contribution in [2.45, 2.75) is 58.8 Å². The first-order valence-corrected chi connectivity index (χ1v) is 11.8. The first kappa shape index (κ1) is 23.0. The lowest BCUT2D eigenvalue weighted by molar-refractivity contribution is 0.0335. The minimum atomic E-state index is -0.410. The molecule has 33 heavy (non-hydrogen) atoms. The molecule has 9 heteroatoms. The number of aryl methyl sites for hydroxylation is 1. The number of carbonyl (C=O) groups is 2. The predicted molar refractivity (Wildman–Crippen MR) is 123 cm³/mol. The second-order valence-corrected chi connectivity index (χ2v) is 9.07. The number of ether oxygens (including phenoxy) is 2. The highest BCUT2D eigenvalue weighted by molar-refractivity contribution is 7.17. The first-order valence-electron chi connectivity index (χ1n) is 11.0. The average molecular weight is 472 g/mol. The molecule has 3 aromatic rings. The molecule has 0 bridgehead atoms. The quantitative estimate of drug-likeness (QED) is 0.456. The van der Waals surface area contributed by atoms with Gasteiger partial charge in [0.1, 0.15) is 16.6 Å². The zero-order valence-electron chi connectivity index (χ0n) is 18.6. The largest absolute Gasteiger partial charge is 0.471 e. The number of benzene rings is 1. The molecule has 0 aliphatic heterocycles. The van der Waals surface area contributed by atoms with E-state index in [0.29, 0.717) is 16.3 Å². The van der Waals surface area contributed by atoms with Crippen LogP contribution in [0.1, 0.15) is 64.4 Å². The number of carbonyl (C=O) groups excluding carboxylic acids is 2. The Bertz CT molecular complexity index is 1140. The second kappa shape index (κ2) is 10.2. The van der Waals surface area contributed by atoms with Crippen molar-refractivity contribution in [2.75, 3.05) is 5.32 Å². The lowest BCUT2D eigenvalue weighted by Gasteiger charge is -2.15. The zero-order chi connectivity index (χ0) is 23.4. The van der Waals surface area contributed by atoms with E-state index in [9.17, 15) is 14.0 Å². The minimum absolute atomic E-state index is 0.0681. The molecule has 0 spiro atoms. The van der Waals surface area contributed by atoms with E-state index >= 15 is 0 Å². The number of thiophene rings is 1. The molecule has 4 rings (SSSR count). The molecular formula is C24H26FN3O4S. The van der Waals surface area contributed by atoms with Gasteiger partial charge in [0.05, 0.1) is 11.7 Å². The Labute approximate surface area is 195 Å². The van der Waals surface area contributed by atoms with Gasteiger partial charge in [-0.1, -0.05) is 6.92 Å². The highest BCUT2D eigenvalue weighted by atomic mass is 32.1. The number of fused-ring (bicyclic) bond motifs is 1. The topological polar surface area (TPSA) is 82.5 Å². The van der Waals surface area contributed by atoms with E-state index in [0.717, 1.165) is 42.5 Å². The van der Waals surface area contributed by atoms with Crippen molar-refractivity contribution in [3.05, 3.63) is 64.0 Å². The standard InChI is InChI=1S/C24H26FN3O4S/c1-3-15(2)32-24(30)21-18-6-4-5-7-20(18)33-23(21)26-22(29)19-12-13-28(27-19)14-31-17-10-8-16(25)9-11-17/h8-13,15H,3-7,14H2,1-2H3,(H,26,29).